The minimum Gasteiger partial charge on any atom is -0.354 e. The van der Waals surface area contributed by atoms with Gasteiger partial charge in [0.15, 0.2) is 0 Å². The van der Waals surface area contributed by atoms with E-state index in [2.05, 4.69) is 20.5 Å². The summed E-state index contributed by atoms with van der Waals surface area (Å²) in [5.74, 6) is 0.957. The second-order valence-corrected chi connectivity index (χ2v) is 6.99. The minimum atomic E-state index is -0.185. The molecule has 3 aromatic rings. The summed E-state index contributed by atoms with van der Waals surface area (Å²) in [7, 11) is 0. The maximum absolute atomic E-state index is 12.7. The van der Waals surface area contributed by atoms with Crippen molar-refractivity contribution in [2.24, 2.45) is 0 Å². The molecule has 1 unspecified atom stereocenters. The Morgan fingerprint density at radius 2 is 1.57 bits per heavy atom. The maximum Gasteiger partial charge on any atom is 0.315 e. The van der Waals surface area contributed by atoms with Gasteiger partial charge in [0.2, 0.25) is 0 Å². The van der Waals surface area contributed by atoms with Crippen LogP contribution in [0.4, 0.5) is 10.6 Å². The van der Waals surface area contributed by atoms with Crippen LogP contribution >= 0.6 is 0 Å². The quantitative estimate of drug-likeness (QED) is 0.717. The standard InChI is InChI=1S/C23H24N4O/c28-23(25-20-14-16-27(17-20)21-13-7-8-15-24-21)26-22(18-9-3-1-4-10-18)19-11-5-2-6-12-19/h1-13,15,20,22H,14,16-17H2,(H2,25,26,28). The average Bonchev–Trinajstić information content (AvgIpc) is 3.22. The monoisotopic (exact) mass is 372 g/mol. The number of urea groups is 1. The maximum atomic E-state index is 12.7. The van der Waals surface area contributed by atoms with Gasteiger partial charge in [-0.1, -0.05) is 66.7 Å². The van der Waals surface area contributed by atoms with Gasteiger partial charge in [-0.25, -0.2) is 9.78 Å². The number of rotatable bonds is 5. The fraction of sp³-hybridized carbons (Fsp3) is 0.217. The summed E-state index contributed by atoms with van der Waals surface area (Å²) < 4.78 is 0. The van der Waals surface area contributed by atoms with Crippen LogP contribution < -0.4 is 15.5 Å². The van der Waals surface area contributed by atoms with Gasteiger partial charge < -0.3 is 15.5 Å². The highest BCUT2D eigenvalue weighted by atomic mass is 16.2. The van der Waals surface area contributed by atoms with Crippen molar-refractivity contribution >= 4 is 11.8 Å². The fourth-order valence-electron chi connectivity index (χ4n) is 3.64. The highest BCUT2D eigenvalue weighted by Crippen LogP contribution is 2.22. The Morgan fingerprint density at radius 3 is 2.18 bits per heavy atom. The lowest BCUT2D eigenvalue weighted by atomic mass is 9.99. The van der Waals surface area contributed by atoms with Crippen LogP contribution in [0.1, 0.15) is 23.6 Å². The summed E-state index contributed by atoms with van der Waals surface area (Å²) in [5, 5.41) is 6.28. The van der Waals surface area contributed by atoms with Crippen molar-refractivity contribution in [1.29, 1.82) is 0 Å². The van der Waals surface area contributed by atoms with E-state index in [1.165, 1.54) is 0 Å². The summed E-state index contributed by atoms with van der Waals surface area (Å²) in [5.41, 5.74) is 2.12. The summed E-state index contributed by atoms with van der Waals surface area (Å²) in [6, 6.07) is 25.8. The normalized spacial score (nSPS) is 16.2. The van der Waals surface area contributed by atoms with Crippen LogP contribution in [0.15, 0.2) is 85.1 Å². The van der Waals surface area contributed by atoms with Crippen molar-refractivity contribution in [2.45, 2.75) is 18.5 Å². The largest absolute Gasteiger partial charge is 0.354 e. The zero-order valence-corrected chi connectivity index (χ0v) is 15.7. The molecule has 2 heterocycles. The van der Waals surface area contributed by atoms with E-state index in [9.17, 15) is 4.79 Å². The Labute approximate surface area is 165 Å². The van der Waals surface area contributed by atoms with Crippen molar-refractivity contribution in [3.63, 3.8) is 0 Å². The van der Waals surface area contributed by atoms with Crippen molar-refractivity contribution in [1.82, 2.24) is 15.6 Å². The molecular formula is C23H24N4O. The molecule has 1 aromatic heterocycles. The van der Waals surface area contributed by atoms with Gasteiger partial charge in [-0.3, -0.25) is 0 Å². The highest BCUT2D eigenvalue weighted by molar-refractivity contribution is 5.75. The van der Waals surface area contributed by atoms with E-state index in [0.29, 0.717) is 0 Å². The van der Waals surface area contributed by atoms with Crippen molar-refractivity contribution in [2.75, 3.05) is 18.0 Å². The number of carbonyl (C=O) groups is 1. The van der Waals surface area contributed by atoms with Gasteiger partial charge in [-0.05, 0) is 29.7 Å². The molecule has 1 aliphatic heterocycles. The van der Waals surface area contributed by atoms with Crippen LogP contribution in [0.5, 0.6) is 0 Å². The van der Waals surface area contributed by atoms with E-state index in [0.717, 1.165) is 36.5 Å². The van der Waals surface area contributed by atoms with Gasteiger partial charge in [0, 0.05) is 25.3 Å². The first kappa shape index (κ1) is 18.0. The van der Waals surface area contributed by atoms with Crippen molar-refractivity contribution in [3.8, 4) is 0 Å². The summed E-state index contributed by atoms with van der Waals surface area (Å²) in [4.78, 5) is 19.3. The molecule has 0 aliphatic carbocycles. The number of anilines is 1. The average molecular weight is 372 g/mol. The van der Waals surface area contributed by atoms with Crippen LogP contribution in [0.3, 0.4) is 0 Å². The summed E-state index contributed by atoms with van der Waals surface area (Å²) >= 11 is 0. The molecule has 0 radical (unpaired) electrons. The van der Waals surface area contributed by atoms with Gasteiger partial charge in [0.05, 0.1) is 6.04 Å². The van der Waals surface area contributed by atoms with Gasteiger partial charge >= 0.3 is 6.03 Å². The SMILES string of the molecule is O=C(NC1CCN(c2ccccn2)C1)NC(c1ccccc1)c1ccccc1. The van der Waals surface area contributed by atoms with Gasteiger partial charge in [0.25, 0.3) is 0 Å². The van der Waals surface area contributed by atoms with Crippen LogP contribution in [0.2, 0.25) is 0 Å². The van der Waals surface area contributed by atoms with E-state index in [1.807, 2.05) is 78.9 Å². The van der Waals surface area contributed by atoms with E-state index >= 15 is 0 Å². The molecule has 4 rings (SSSR count). The van der Waals surface area contributed by atoms with Gasteiger partial charge in [-0.15, -0.1) is 0 Å². The lowest BCUT2D eigenvalue weighted by Crippen LogP contribution is -2.44. The molecule has 5 nitrogen and oxygen atoms in total. The number of aromatic nitrogens is 1. The Bertz CT molecular complexity index is 847. The molecule has 1 fully saturated rings. The molecule has 2 N–H and O–H groups in total. The smallest absolute Gasteiger partial charge is 0.315 e. The number of benzene rings is 2. The van der Waals surface area contributed by atoms with Crippen LogP contribution in [-0.2, 0) is 0 Å². The molecule has 1 atom stereocenters. The molecule has 0 saturated carbocycles. The Balaban J connectivity index is 1.41. The lowest BCUT2D eigenvalue weighted by Gasteiger charge is -2.22. The fourth-order valence-corrected chi connectivity index (χ4v) is 3.64. The highest BCUT2D eigenvalue weighted by Gasteiger charge is 2.25. The molecule has 0 bridgehead atoms. The van der Waals surface area contributed by atoms with Crippen molar-refractivity contribution in [3.05, 3.63) is 96.2 Å². The first-order valence-electron chi connectivity index (χ1n) is 9.62. The van der Waals surface area contributed by atoms with Crippen LogP contribution in [0, 0.1) is 0 Å². The third kappa shape index (κ3) is 4.31. The number of hydrogen-bond acceptors (Lipinski definition) is 3. The molecule has 1 saturated heterocycles. The molecule has 142 valence electrons. The lowest BCUT2D eigenvalue weighted by molar-refractivity contribution is 0.235. The molecule has 5 heteroatoms. The molecule has 1 aliphatic rings. The van der Waals surface area contributed by atoms with Crippen LogP contribution in [-0.4, -0.2) is 30.1 Å². The zero-order chi connectivity index (χ0) is 19.2. The predicted molar refractivity (Wildman–Crippen MR) is 111 cm³/mol. The second kappa shape index (κ2) is 8.57. The number of amides is 2. The first-order valence-corrected chi connectivity index (χ1v) is 9.62. The second-order valence-electron chi connectivity index (χ2n) is 6.99. The molecule has 2 amide bonds. The number of nitrogens with one attached hydrogen (secondary N) is 2. The Morgan fingerprint density at radius 1 is 0.929 bits per heavy atom. The number of pyridine rings is 1. The van der Waals surface area contributed by atoms with Gasteiger partial charge in [0.1, 0.15) is 5.82 Å². The third-order valence-corrected chi connectivity index (χ3v) is 5.04. The van der Waals surface area contributed by atoms with Crippen LogP contribution in [0.25, 0.3) is 0 Å². The molecule has 0 spiro atoms. The summed E-state index contributed by atoms with van der Waals surface area (Å²) in [6.07, 6.45) is 2.71. The first-order chi connectivity index (χ1) is 13.8. The van der Waals surface area contributed by atoms with E-state index in [1.54, 1.807) is 6.20 Å². The van der Waals surface area contributed by atoms with Crippen molar-refractivity contribution < 1.29 is 4.79 Å². The predicted octanol–water partition coefficient (Wildman–Crippen LogP) is 3.75. The minimum absolute atomic E-state index is 0.106. The van der Waals surface area contributed by atoms with E-state index < -0.39 is 0 Å². The van der Waals surface area contributed by atoms with Gasteiger partial charge in [-0.2, -0.15) is 0 Å². The number of hydrogen-bond donors (Lipinski definition) is 2. The topological polar surface area (TPSA) is 57.3 Å². The Kier molecular flexibility index (Phi) is 5.52. The summed E-state index contributed by atoms with van der Waals surface area (Å²) in [6.45, 7) is 1.66. The number of carbonyl (C=O) groups excluding carboxylic acids is 1. The van der Waals surface area contributed by atoms with E-state index in [-0.39, 0.29) is 18.1 Å². The van der Waals surface area contributed by atoms with E-state index in [4.69, 9.17) is 0 Å². The molecule has 28 heavy (non-hydrogen) atoms. The third-order valence-electron chi connectivity index (χ3n) is 5.04. The number of nitrogens with zero attached hydrogens (tertiary/aromatic N) is 2. The molecular weight excluding hydrogens is 348 g/mol. The Hall–Kier alpha value is -3.34. The zero-order valence-electron chi connectivity index (χ0n) is 15.7. The molecule has 2 aromatic carbocycles.